The third kappa shape index (κ3) is 4.61. The van der Waals surface area contributed by atoms with Gasteiger partial charge in [-0.2, -0.15) is 10.2 Å². The number of alkyl halides is 2. The molecule has 0 aliphatic heterocycles. The summed E-state index contributed by atoms with van der Waals surface area (Å²) in [5.41, 5.74) is 0.898. The first kappa shape index (κ1) is 21.1. The van der Waals surface area contributed by atoms with Crippen LogP contribution in [0.25, 0.3) is 0 Å². The van der Waals surface area contributed by atoms with Gasteiger partial charge < -0.3 is 5.32 Å². The van der Waals surface area contributed by atoms with E-state index in [4.69, 9.17) is 34.8 Å². The van der Waals surface area contributed by atoms with E-state index in [0.29, 0.717) is 28.1 Å². The first-order valence-electron chi connectivity index (χ1n) is 9.13. The number of hydrogen-bond donors (Lipinski definition) is 1. The lowest BCUT2D eigenvalue weighted by Crippen LogP contribution is -2.21. The standard InChI is InChI=1S/C19H16Cl3F2N5O/c20-12-4-1-10(7-13(12)21)8-28-6-5-14(26-28)25-15(30)9-29-18(11-2-3-11)16(22)17(27-29)19(23)24/h1,4-7,11,19H,2-3,8-9H2,(H,25,26,30). The smallest absolute Gasteiger partial charge is 0.283 e. The Morgan fingerprint density at radius 1 is 1.17 bits per heavy atom. The zero-order valence-corrected chi connectivity index (χ0v) is 17.7. The minimum Gasteiger partial charge on any atom is -0.308 e. The Hall–Kier alpha value is -2.16. The maximum Gasteiger partial charge on any atom is 0.283 e. The van der Waals surface area contributed by atoms with E-state index in [0.717, 1.165) is 18.4 Å². The van der Waals surface area contributed by atoms with Crippen LogP contribution in [0.5, 0.6) is 0 Å². The molecule has 30 heavy (non-hydrogen) atoms. The molecule has 1 aliphatic rings. The Labute approximate surface area is 185 Å². The molecule has 2 heterocycles. The fraction of sp³-hybridized carbons (Fsp3) is 0.316. The van der Waals surface area contributed by atoms with Crippen LogP contribution in [0.2, 0.25) is 15.1 Å². The second-order valence-corrected chi connectivity index (χ2v) is 8.20. The Kier molecular flexibility index (Phi) is 5.99. The Balaban J connectivity index is 1.43. The highest BCUT2D eigenvalue weighted by molar-refractivity contribution is 6.42. The zero-order valence-electron chi connectivity index (χ0n) is 15.5. The zero-order chi connectivity index (χ0) is 21.4. The molecule has 0 saturated heterocycles. The molecule has 1 amide bonds. The van der Waals surface area contributed by atoms with Gasteiger partial charge >= 0.3 is 0 Å². The van der Waals surface area contributed by atoms with E-state index in [9.17, 15) is 13.6 Å². The van der Waals surface area contributed by atoms with E-state index in [1.807, 2.05) is 6.07 Å². The van der Waals surface area contributed by atoms with Gasteiger partial charge in [0.15, 0.2) is 5.82 Å². The van der Waals surface area contributed by atoms with Crippen molar-refractivity contribution in [3.8, 4) is 0 Å². The van der Waals surface area contributed by atoms with E-state index in [-0.39, 0.29) is 17.5 Å². The van der Waals surface area contributed by atoms with Crippen LogP contribution < -0.4 is 5.32 Å². The highest BCUT2D eigenvalue weighted by Gasteiger charge is 2.34. The summed E-state index contributed by atoms with van der Waals surface area (Å²) in [5.74, 6) is -0.0345. The predicted molar refractivity (Wildman–Crippen MR) is 111 cm³/mol. The number of rotatable bonds is 7. The van der Waals surface area contributed by atoms with Crippen LogP contribution in [0.3, 0.4) is 0 Å². The molecule has 6 nitrogen and oxygen atoms in total. The summed E-state index contributed by atoms with van der Waals surface area (Å²) >= 11 is 18.0. The Morgan fingerprint density at radius 2 is 1.93 bits per heavy atom. The number of carbonyl (C=O) groups is 1. The fourth-order valence-corrected chi connectivity index (χ4v) is 3.83. The molecular formula is C19H16Cl3F2N5O. The van der Waals surface area contributed by atoms with E-state index in [1.54, 1.807) is 29.1 Å². The van der Waals surface area contributed by atoms with Gasteiger partial charge in [0.25, 0.3) is 6.43 Å². The van der Waals surface area contributed by atoms with Gasteiger partial charge in [-0.1, -0.05) is 40.9 Å². The van der Waals surface area contributed by atoms with E-state index >= 15 is 0 Å². The largest absolute Gasteiger partial charge is 0.308 e. The van der Waals surface area contributed by atoms with Crippen LogP contribution in [0.15, 0.2) is 30.5 Å². The molecule has 0 unspecified atom stereocenters. The average molecular weight is 475 g/mol. The molecule has 158 valence electrons. The first-order chi connectivity index (χ1) is 14.3. The van der Waals surface area contributed by atoms with Crippen molar-refractivity contribution >= 4 is 46.5 Å². The lowest BCUT2D eigenvalue weighted by Gasteiger charge is -2.07. The number of anilines is 1. The van der Waals surface area contributed by atoms with Crippen molar-refractivity contribution in [3.05, 3.63) is 62.5 Å². The summed E-state index contributed by atoms with van der Waals surface area (Å²) in [7, 11) is 0. The number of benzene rings is 1. The Bertz CT molecular complexity index is 1090. The lowest BCUT2D eigenvalue weighted by molar-refractivity contribution is -0.117. The van der Waals surface area contributed by atoms with Gasteiger partial charge in [0.05, 0.1) is 27.3 Å². The van der Waals surface area contributed by atoms with Crippen LogP contribution in [0.1, 0.15) is 42.1 Å². The molecule has 4 rings (SSSR count). The number of halogens is 5. The van der Waals surface area contributed by atoms with Crippen LogP contribution in [0, 0.1) is 0 Å². The molecule has 3 aromatic rings. The molecule has 2 aromatic heterocycles. The van der Waals surface area contributed by atoms with Crippen molar-refractivity contribution in [1.82, 2.24) is 19.6 Å². The summed E-state index contributed by atoms with van der Waals surface area (Å²) in [5, 5.41) is 11.7. The van der Waals surface area contributed by atoms with Crippen molar-refractivity contribution in [2.45, 2.75) is 38.3 Å². The highest BCUT2D eigenvalue weighted by atomic mass is 35.5. The van der Waals surface area contributed by atoms with Crippen molar-refractivity contribution in [3.63, 3.8) is 0 Å². The van der Waals surface area contributed by atoms with Gasteiger partial charge in [-0.3, -0.25) is 14.2 Å². The third-order valence-electron chi connectivity index (χ3n) is 4.66. The number of nitrogens with one attached hydrogen (secondary N) is 1. The molecule has 1 aliphatic carbocycles. The van der Waals surface area contributed by atoms with Crippen molar-refractivity contribution in [2.75, 3.05) is 5.32 Å². The molecule has 1 aromatic carbocycles. The van der Waals surface area contributed by atoms with Gasteiger partial charge in [0, 0.05) is 18.2 Å². The van der Waals surface area contributed by atoms with Crippen LogP contribution in [-0.4, -0.2) is 25.5 Å². The molecule has 1 saturated carbocycles. The SMILES string of the molecule is O=C(Cn1nc(C(F)F)c(Cl)c1C1CC1)Nc1ccn(Cc2ccc(Cl)c(Cl)c2)n1. The normalized spacial score (nSPS) is 13.8. The molecule has 1 N–H and O–H groups in total. The summed E-state index contributed by atoms with van der Waals surface area (Å²) in [4.78, 5) is 12.4. The topological polar surface area (TPSA) is 64.7 Å². The van der Waals surface area contributed by atoms with Gasteiger partial charge in [0.1, 0.15) is 12.2 Å². The number of hydrogen-bond acceptors (Lipinski definition) is 3. The van der Waals surface area contributed by atoms with Crippen molar-refractivity contribution in [2.24, 2.45) is 0 Å². The summed E-state index contributed by atoms with van der Waals surface area (Å²) in [6.45, 7) is 0.211. The van der Waals surface area contributed by atoms with E-state index < -0.39 is 18.0 Å². The van der Waals surface area contributed by atoms with Crippen LogP contribution in [-0.2, 0) is 17.9 Å². The molecule has 11 heteroatoms. The minimum absolute atomic E-state index is 0.0498. The Morgan fingerprint density at radius 3 is 2.60 bits per heavy atom. The van der Waals surface area contributed by atoms with Gasteiger partial charge in [-0.25, -0.2) is 8.78 Å². The molecule has 1 fully saturated rings. The van der Waals surface area contributed by atoms with E-state index in [1.165, 1.54) is 4.68 Å². The molecule has 0 bridgehead atoms. The minimum atomic E-state index is -2.80. The van der Waals surface area contributed by atoms with Gasteiger partial charge in [-0.15, -0.1) is 0 Å². The monoisotopic (exact) mass is 473 g/mol. The molecule has 0 spiro atoms. The van der Waals surface area contributed by atoms with Gasteiger partial charge in [-0.05, 0) is 30.5 Å². The molecule has 0 atom stereocenters. The number of amides is 1. The summed E-state index contributed by atoms with van der Waals surface area (Å²) < 4.78 is 29.2. The van der Waals surface area contributed by atoms with E-state index in [2.05, 4.69) is 15.5 Å². The highest BCUT2D eigenvalue weighted by Crippen LogP contribution is 2.45. The van der Waals surface area contributed by atoms with Gasteiger partial charge in [0.2, 0.25) is 5.91 Å². The predicted octanol–water partition coefficient (Wildman–Crippen LogP) is 5.54. The molecular weight excluding hydrogens is 459 g/mol. The van der Waals surface area contributed by atoms with Crippen molar-refractivity contribution in [1.29, 1.82) is 0 Å². The summed E-state index contributed by atoms with van der Waals surface area (Å²) in [6, 6.07) is 6.91. The van der Waals surface area contributed by atoms with Crippen molar-refractivity contribution < 1.29 is 13.6 Å². The third-order valence-corrected chi connectivity index (χ3v) is 5.78. The first-order valence-corrected chi connectivity index (χ1v) is 10.3. The van der Waals surface area contributed by atoms with Crippen LogP contribution in [0.4, 0.5) is 14.6 Å². The van der Waals surface area contributed by atoms with Crippen LogP contribution >= 0.6 is 34.8 Å². The second kappa shape index (κ2) is 8.53. The fourth-order valence-electron chi connectivity index (χ4n) is 3.14. The second-order valence-electron chi connectivity index (χ2n) is 7.01. The maximum absolute atomic E-state index is 13.1. The average Bonchev–Trinajstić information content (AvgIpc) is 3.33. The number of nitrogens with zero attached hydrogens (tertiary/aromatic N) is 4. The quantitative estimate of drug-likeness (QED) is 0.489. The molecule has 0 radical (unpaired) electrons. The summed E-state index contributed by atoms with van der Waals surface area (Å²) in [6.07, 6.45) is 0.591. The number of aromatic nitrogens is 4. The lowest BCUT2D eigenvalue weighted by atomic mass is 10.2. The number of carbonyl (C=O) groups excluding carboxylic acids is 1. The maximum atomic E-state index is 13.1.